The van der Waals surface area contributed by atoms with Gasteiger partial charge in [0.25, 0.3) is 11.9 Å². The van der Waals surface area contributed by atoms with Gasteiger partial charge in [-0.15, -0.1) is 0 Å². The third kappa shape index (κ3) is 3.73. The average Bonchev–Trinajstić information content (AvgIpc) is 3.13. The van der Waals surface area contributed by atoms with Gasteiger partial charge < -0.3 is 15.8 Å². The van der Waals surface area contributed by atoms with E-state index in [-0.39, 0.29) is 18.0 Å². The number of hydrogen-bond donors (Lipinski definition) is 2. The minimum absolute atomic E-state index is 0.136. The monoisotopic (exact) mass is 327 g/mol. The Morgan fingerprint density at radius 3 is 2.75 bits per heavy atom. The Kier molecular flexibility index (Phi) is 4.50. The van der Waals surface area contributed by atoms with Crippen LogP contribution in [0.15, 0.2) is 35.3 Å². The highest BCUT2D eigenvalue weighted by molar-refractivity contribution is 6.02. The fraction of sp³-hybridized carbons (Fsp3) is 0.353. The molecule has 2 heterocycles. The van der Waals surface area contributed by atoms with Gasteiger partial charge in [0.05, 0.1) is 6.04 Å². The summed E-state index contributed by atoms with van der Waals surface area (Å²) in [7, 11) is 1.81. The SMILES string of the molecule is Cc1cc(C(=O)Nc2ccc(CCC3COC(N)=N3)cc2)nn1C. The van der Waals surface area contributed by atoms with Gasteiger partial charge in [-0.2, -0.15) is 5.10 Å². The van der Waals surface area contributed by atoms with E-state index in [1.54, 1.807) is 10.7 Å². The summed E-state index contributed by atoms with van der Waals surface area (Å²) in [6.07, 6.45) is 1.78. The zero-order valence-corrected chi connectivity index (χ0v) is 13.8. The van der Waals surface area contributed by atoms with E-state index in [1.165, 1.54) is 5.56 Å². The quantitative estimate of drug-likeness (QED) is 0.872. The molecule has 0 spiro atoms. The zero-order chi connectivity index (χ0) is 17.1. The number of benzene rings is 1. The number of aromatic nitrogens is 2. The second-order valence-corrected chi connectivity index (χ2v) is 5.92. The van der Waals surface area contributed by atoms with Crippen LogP contribution in [0.2, 0.25) is 0 Å². The van der Waals surface area contributed by atoms with Crippen molar-refractivity contribution in [3.63, 3.8) is 0 Å². The molecule has 7 heteroatoms. The molecular weight excluding hydrogens is 306 g/mol. The number of anilines is 1. The van der Waals surface area contributed by atoms with Crippen molar-refractivity contribution in [2.75, 3.05) is 11.9 Å². The fourth-order valence-corrected chi connectivity index (χ4v) is 2.54. The summed E-state index contributed by atoms with van der Waals surface area (Å²) in [6, 6.07) is 9.97. The van der Waals surface area contributed by atoms with E-state index in [2.05, 4.69) is 15.4 Å². The lowest BCUT2D eigenvalue weighted by molar-refractivity contribution is 0.102. The van der Waals surface area contributed by atoms with Crippen LogP contribution in [0.1, 0.15) is 28.2 Å². The Balaban J connectivity index is 1.55. The van der Waals surface area contributed by atoms with Gasteiger partial charge in [0.2, 0.25) is 0 Å². The van der Waals surface area contributed by atoms with Crippen LogP contribution in [0.3, 0.4) is 0 Å². The Bertz CT molecular complexity index is 744. The summed E-state index contributed by atoms with van der Waals surface area (Å²) in [5, 5.41) is 7.03. The number of carbonyl (C=O) groups excluding carboxylic acids is 1. The minimum Gasteiger partial charge on any atom is -0.463 e. The van der Waals surface area contributed by atoms with Crippen molar-refractivity contribution in [3.05, 3.63) is 47.3 Å². The van der Waals surface area contributed by atoms with Gasteiger partial charge in [-0.25, -0.2) is 4.99 Å². The van der Waals surface area contributed by atoms with Crippen molar-refractivity contribution < 1.29 is 9.53 Å². The third-order valence-corrected chi connectivity index (χ3v) is 4.06. The van der Waals surface area contributed by atoms with Crippen LogP contribution >= 0.6 is 0 Å². The predicted octanol–water partition coefficient (Wildman–Crippen LogP) is 1.63. The van der Waals surface area contributed by atoms with Crippen LogP contribution < -0.4 is 11.1 Å². The molecule has 1 aromatic carbocycles. The van der Waals surface area contributed by atoms with Gasteiger partial charge in [-0.05, 0) is 43.5 Å². The smallest absolute Gasteiger partial charge is 0.282 e. The van der Waals surface area contributed by atoms with E-state index >= 15 is 0 Å². The van der Waals surface area contributed by atoms with Crippen molar-refractivity contribution in [2.24, 2.45) is 17.8 Å². The molecule has 3 rings (SSSR count). The summed E-state index contributed by atoms with van der Waals surface area (Å²) >= 11 is 0. The summed E-state index contributed by atoms with van der Waals surface area (Å²) in [4.78, 5) is 16.4. The normalized spacial score (nSPS) is 16.6. The maximum atomic E-state index is 12.2. The van der Waals surface area contributed by atoms with E-state index in [0.29, 0.717) is 12.3 Å². The van der Waals surface area contributed by atoms with Gasteiger partial charge >= 0.3 is 0 Å². The standard InChI is InChI=1S/C17H21N5O2/c1-11-9-15(21-22(11)2)16(23)19-13-6-3-12(4-7-13)5-8-14-10-24-17(18)20-14/h3-4,6-7,9,14H,5,8,10H2,1-2H3,(H2,18,20)(H,19,23). The molecule has 24 heavy (non-hydrogen) atoms. The first-order valence-corrected chi connectivity index (χ1v) is 7.88. The molecule has 2 aromatic rings. The van der Waals surface area contributed by atoms with E-state index < -0.39 is 0 Å². The number of nitrogens with two attached hydrogens (primary N) is 1. The molecule has 1 aliphatic heterocycles. The lowest BCUT2D eigenvalue weighted by Crippen LogP contribution is -2.13. The van der Waals surface area contributed by atoms with Gasteiger partial charge in [-0.1, -0.05) is 12.1 Å². The Morgan fingerprint density at radius 2 is 2.17 bits per heavy atom. The van der Waals surface area contributed by atoms with Crippen molar-refractivity contribution in [3.8, 4) is 0 Å². The molecule has 0 radical (unpaired) electrons. The molecule has 7 nitrogen and oxygen atoms in total. The molecule has 0 bridgehead atoms. The van der Waals surface area contributed by atoms with E-state index in [4.69, 9.17) is 10.5 Å². The number of rotatable bonds is 5. The summed E-state index contributed by atoms with van der Waals surface area (Å²) < 4.78 is 6.82. The Morgan fingerprint density at radius 1 is 1.42 bits per heavy atom. The Labute approximate surface area is 140 Å². The van der Waals surface area contributed by atoms with Crippen LogP contribution in [0.5, 0.6) is 0 Å². The van der Waals surface area contributed by atoms with E-state index in [1.807, 2.05) is 38.2 Å². The van der Waals surface area contributed by atoms with Gasteiger partial charge in [0.1, 0.15) is 6.61 Å². The number of nitrogens with zero attached hydrogens (tertiary/aromatic N) is 3. The summed E-state index contributed by atoms with van der Waals surface area (Å²) in [5.41, 5.74) is 8.78. The molecule has 1 unspecified atom stereocenters. The molecule has 0 saturated carbocycles. The lowest BCUT2D eigenvalue weighted by Gasteiger charge is -2.07. The second-order valence-electron chi connectivity index (χ2n) is 5.92. The molecular formula is C17H21N5O2. The van der Waals surface area contributed by atoms with Crippen LogP contribution in [-0.2, 0) is 18.2 Å². The summed E-state index contributed by atoms with van der Waals surface area (Å²) in [5.74, 6) is -0.209. The van der Waals surface area contributed by atoms with Crippen molar-refractivity contribution in [1.29, 1.82) is 0 Å². The number of carbonyl (C=O) groups is 1. The molecule has 1 aromatic heterocycles. The number of hydrogen-bond acceptors (Lipinski definition) is 5. The maximum Gasteiger partial charge on any atom is 0.282 e. The molecule has 1 atom stereocenters. The molecule has 1 amide bonds. The molecule has 3 N–H and O–H groups in total. The number of aliphatic imine (C=N–C) groups is 1. The number of ether oxygens (including phenoxy) is 1. The maximum absolute atomic E-state index is 12.2. The van der Waals surface area contributed by atoms with Crippen LogP contribution in [-0.4, -0.2) is 34.4 Å². The van der Waals surface area contributed by atoms with Crippen LogP contribution in [0.25, 0.3) is 0 Å². The molecule has 126 valence electrons. The first kappa shape index (κ1) is 16.0. The largest absolute Gasteiger partial charge is 0.463 e. The highest BCUT2D eigenvalue weighted by Crippen LogP contribution is 2.15. The van der Waals surface area contributed by atoms with Crippen LogP contribution in [0.4, 0.5) is 5.69 Å². The van der Waals surface area contributed by atoms with E-state index in [0.717, 1.165) is 24.2 Å². The molecule has 0 aliphatic carbocycles. The van der Waals surface area contributed by atoms with Crippen molar-refractivity contribution in [1.82, 2.24) is 9.78 Å². The highest BCUT2D eigenvalue weighted by Gasteiger charge is 2.16. The lowest BCUT2D eigenvalue weighted by atomic mass is 10.1. The van der Waals surface area contributed by atoms with Gasteiger partial charge in [-0.3, -0.25) is 9.48 Å². The number of aryl methyl sites for hydroxylation is 3. The molecule has 0 saturated heterocycles. The number of amides is 1. The van der Waals surface area contributed by atoms with Gasteiger partial charge in [0.15, 0.2) is 5.69 Å². The average molecular weight is 327 g/mol. The third-order valence-electron chi connectivity index (χ3n) is 4.06. The first-order chi connectivity index (χ1) is 11.5. The minimum atomic E-state index is -0.209. The molecule has 1 aliphatic rings. The fourth-order valence-electron chi connectivity index (χ4n) is 2.54. The topological polar surface area (TPSA) is 94.5 Å². The van der Waals surface area contributed by atoms with Crippen molar-refractivity contribution >= 4 is 17.6 Å². The number of nitrogens with one attached hydrogen (secondary N) is 1. The second kappa shape index (κ2) is 6.74. The Hall–Kier alpha value is -2.83. The van der Waals surface area contributed by atoms with Crippen molar-refractivity contribution in [2.45, 2.75) is 25.8 Å². The van der Waals surface area contributed by atoms with Gasteiger partial charge in [0, 0.05) is 18.4 Å². The predicted molar refractivity (Wildman–Crippen MR) is 92.0 cm³/mol. The summed E-state index contributed by atoms with van der Waals surface area (Å²) in [6.45, 7) is 2.47. The van der Waals surface area contributed by atoms with E-state index in [9.17, 15) is 4.79 Å². The van der Waals surface area contributed by atoms with Crippen LogP contribution in [0, 0.1) is 6.92 Å². The number of amidine groups is 1. The highest BCUT2D eigenvalue weighted by atomic mass is 16.5. The first-order valence-electron chi connectivity index (χ1n) is 7.88. The zero-order valence-electron chi connectivity index (χ0n) is 13.8. The molecule has 0 fully saturated rings.